The van der Waals surface area contributed by atoms with Crippen LogP contribution in [0, 0.1) is 0 Å². The fourth-order valence-electron chi connectivity index (χ4n) is 2.35. The molecule has 0 fully saturated rings. The van der Waals surface area contributed by atoms with E-state index in [0.29, 0.717) is 12.5 Å². The summed E-state index contributed by atoms with van der Waals surface area (Å²) in [5.74, 6) is 0.407. The molecule has 5 nitrogen and oxygen atoms in total. The van der Waals surface area contributed by atoms with Crippen LogP contribution in [0.1, 0.15) is 49.7 Å². The van der Waals surface area contributed by atoms with Crippen molar-refractivity contribution in [3.63, 3.8) is 0 Å². The van der Waals surface area contributed by atoms with E-state index in [1.54, 1.807) is 12.1 Å². The first-order chi connectivity index (χ1) is 11.3. The number of nitrogens with zero attached hydrogens (tertiary/aromatic N) is 1. The molecule has 1 unspecified atom stereocenters. The molecule has 0 amide bonds. The molecule has 24 heavy (non-hydrogen) atoms. The van der Waals surface area contributed by atoms with Crippen LogP contribution in [-0.2, 0) is 16.6 Å². The largest absolute Gasteiger partial charge is 0.305 e. The second-order valence-corrected chi connectivity index (χ2v) is 7.97. The summed E-state index contributed by atoms with van der Waals surface area (Å²) in [7, 11) is -1.98. The summed E-state index contributed by atoms with van der Waals surface area (Å²) in [4.78, 5) is 4.92. The Balaban J connectivity index is 2.02. The zero-order chi connectivity index (χ0) is 17.7. The van der Waals surface area contributed by atoms with Gasteiger partial charge in [-0.15, -0.1) is 0 Å². The average molecular weight is 347 g/mol. The van der Waals surface area contributed by atoms with Crippen molar-refractivity contribution in [3.05, 3.63) is 59.4 Å². The van der Waals surface area contributed by atoms with Gasteiger partial charge >= 0.3 is 0 Å². The van der Waals surface area contributed by atoms with E-state index >= 15 is 0 Å². The Hall–Kier alpha value is -1.76. The number of aromatic nitrogens is 1. The summed E-state index contributed by atoms with van der Waals surface area (Å²) in [6, 6.07) is 13.1. The predicted octanol–water partition coefficient (Wildman–Crippen LogP) is 2.96. The summed E-state index contributed by atoms with van der Waals surface area (Å²) in [5.41, 5.74) is 3.12. The Bertz CT molecular complexity index is 771. The number of hydrogen-bond donors (Lipinski definition) is 2. The lowest BCUT2D eigenvalue weighted by atomic mass is 10.1. The van der Waals surface area contributed by atoms with Crippen LogP contribution in [-0.4, -0.2) is 20.4 Å². The Morgan fingerprint density at radius 2 is 1.71 bits per heavy atom. The van der Waals surface area contributed by atoms with Crippen LogP contribution in [0.2, 0.25) is 0 Å². The van der Waals surface area contributed by atoms with Gasteiger partial charge in [0.15, 0.2) is 0 Å². The van der Waals surface area contributed by atoms with E-state index in [2.05, 4.69) is 28.9 Å². The van der Waals surface area contributed by atoms with Gasteiger partial charge in [-0.3, -0.25) is 4.98 Å². The third-order valence-electron chi connectivity index (χ3n) is 3.97. The SMILES string of the molecule is CNS(=O)(=O)c1ccc(C(C)NCc2cccc(C(C)C)n2)cc1. The monoisotopic (exact) mass is 347 g/mol. The minimum atomic E-state index is -3.39. The lowest BCUT2D eigenvalue weighted by molar-refractivity contribution is 0.565. The topological polar surface area (TPSA) is 71.1 Å². The minimum Gasteiger partial charge on any atom is -0.305 e. The number of sulfonamides is 1. The smallest absolute Gasteiger partial charge is 0.240 e. The van der Waals surface area contributed by atoms with Crippen molar-refractivity contribution in [3.8, 4) is 0 Å². The van der Waals surface area contributed by atoms with Crippen LogP contribution in [0.5, 0.6) is 0 Å². The molecule has 0 saturated carbocycles. The maximum absolute atomic E-state index is 11.7. The van der Waals surface area contributed by atoms with Crippen molar-refractivity contribution >= 4 is 10.0 Å². The van der Waals surface area contributed by atoms with Crippen molar-refractivity contribution in [1.82, 2.24) is 15.0 Å². The van der Waals surface area contributed by atoms with E-state index in [0.717, 1.165) is 17.0 Å². The highest BCUT2D eigenvalue weighted by atomic mass is 32.2. The summed E-state index contributed by atoms with van der Waals surface area (Å²) in [5, 5.41) is 3.43. The molecule has 0 aliphatic heterocycles. The lowest BCUT2D eigenvalue weighted by Gasteiger charge is -2.15. The standard InChI is InChI=1S/C18H25N3O2S/c1-13(2)18-7-5-6-16(21-18)12-20-14(3)15-8-10-17(11-9-15)24(22,23)19-4/h5-11,13-14,19-20H,12H2,1-4H3. The summed E-state index contributed by atoms with van der Waals surface area (Å²) in [6.45, 7) is 6.97. The van der Waals surface area contributed by atoms with Gasteiger partial charge in [0.05, 0.1) is 10.6 Å². The minimum absolute atomic E-state index is 0.0980. The van der Waals surface area contributed by atoms with Crippen molar-refractivity contribution < 1.29 is 8.42 Å². The van der Waals surface area contributed by atoms with Gasteiger partial charge < -0.3 is 5.32 Å². The van der Waals surface area contributed by atoms with E-state index in [4.69, 9.17) is 0 Å². The van der Waals surface area contributed by atoms with E-state index in [9.17, 15) is 8.42 Å². The molecule has 0 aliphatic rings. The molecule has 2 N–H and O–H groups in total. The normalized spacial score (nSPS) is 13.2. The molecule has 1 heterocycles. The first kappa shape index (κ1) is 18.6. The molecule has 0 aliphatic carbocycles. The first-order valence-corrected chi connectivity index (χ1v) is 9.54. The van der Waals surface area contributed by atoms with Crippen LogP contribution in [0.3, 0.4) is 0 Å². The molecule has 6 heteroatoms. The Morgan fingerprint density at radius 1 is 1.04 bits per heavy atom. The van der Waals surface area contributed by atoms with Gasteiger partial charge in [-0.25, -0.2) is 13.1 Å². The molecular weight excluding hydrogens is 322 g/mol. The maximum atomic E-state index is 11.7. The number of hydrogen-bond acceptors (Lipinski definition) is 4. The molecule has 130 valence electrons. The molecule has 2 aromatic rings. The third-order valence-corrected chi connectivity index (χ3v) is 5.40. The molecule has 1 aromatic carbocycles. The highest BCUT2D eigenvalue weighted by Gasteiger charge is 2.12. The molecule has 1 atom stereocenters. The Labute approximate surface area is 144 Å². The number of rotatable bonds is 7. The summed E-state index contributed by atoms with van der Waals surface area (Å²) < 4.78 is 25.8. The number of benzene rings is 1. The Kier molecular flexibility index (Phi) is 6.10. The first-order valence-electron chi connectivity index (χ1n) is 8.06. The van der Waals surface area contributed by atoms with E-state index in [1.165, 1.54) is 7.05 Å². The molecule has 0 spiro atoms. The summed E-state index contributed by atoms with van der Waals surface area (Å²) in [6.07, 6.45) is 0. The second kappa shape index (κ2) is 7.88. The Morgan fingerprint density at radius 3 is 2.29 bits per heavy atom. The van der Waals surface area contributed by atoms with Gasteiger partial charge in [0.1, 0.15) is 0 Å². The summed E-state index contributed by atoms with van der Waals surface area (Å²) >= 11 is 0. The fourth-order valence-corrected chi connectivity index (χ4v) is 3.08. The predicted molar refractivity (Wildman–Crippen MR) is 96.3 cm³/mol. The lowest BCUT2D eigenvalue weighted by Crippen LogP contribution is -2.20. The molecule has 0 bridgehead atoms. The van der Waals surface area contributed by atoms with Gasteiger partial charge in [-0.2, -0.15) is 0 Å². The van der Waals surface area contributed by atoms with Crippen LogP contribution < -0.4 is 10.0 Å². The maximum Gasteiger partial charge on any atom is 0.240 e. The molecular formula is C18H25N3O2S. The van der Waals surface area contributed by atoms with Crippen LogP contribution in [0.25, 0.3) is 0 Å². The van der Waals surface area contributed by atoms with Crippen molar-refractivity contribution in [1.29, 1.82) is 0 Å². The average Bonchev–Trinajstić information content (AvgIpc) is 2.60. The molecule has 2 rings (SSSR count). The van der Waals surface area contributed by atoms with Crippen molar-refractivity contribution in [2.45, 2.75) is 44.2 Å². The van der Waals surface area contributed by atoms with Gasteiger partial charge in [-0.1, -0.05) is 32.0 Å². The molecule has 1 aromatic heterocycles. The van der Waals surface area contributed by atoms with Gasteiger partial charge in [0.2, 0.25) is 10.0 Å². The number of nitrogens with one attached hydrogen (secondary N) is 2. The zero-order valence-corrected chi connectivity index (χ0v) is 15.4. The number of pyridine rings is 1. The fraction of sp³-hybridized carbons (Fsp3) is 0.389. The van der Waals surface area contributed by atoms with Crippen LogP contribution in [0.4, 0.5) is 0 Å². The van der Waals surface area contributed by atoms with Crippen molar-refractivity contribution in [2.24, 2.45) is 0 Å². The van der Waals surface area contributed by atoms with Gasteiger partial charge in [0, 0.05) is 18.3 Å². The molecule has 0 radical (unpaired) electrons. The van der Waals surface area contributed by atoms with Crippen LogP contribution in [0.15, 0.2) is 47.4 Å². The zero-order valence-electron chi connectivity index (χ0n) is 14.6. The highest BCUT2D eigenvalue weighted by Crippen LogP contribution is 2.17. The van der Waals surface area contributed by atoms with Crippen LogP contribution >= 0.6 is 0 Å². The third kappa shape index (κ3) is 4.63. The van der Waals surface area contributed by atoms with Gasteiger partial charge in [-0.05, 0) is 49.7 Å². The second-order valence-electron chi connectivity index (χ2n) is 6.09. The molecule has 0 saturated heterocycles. The highest BCUT2D eigenvalue weighted by molar-refractivity contribution is 7.89. The van der Waals surface area contributed by atoms with Crippen molar-refractivity contribution in [2.75, 3.05) is 7.05 Å². The quantitative estimate of drug-likeness (QED) is 0.808. The van der Waals surface area contributed by atoms with Gasteiger partial charge in [0.25, 0.3) is 0 Å². The van der Waals surface area contributed by atoms with E-state index in [1.807, 2.05) is 37.3 Å². The van der Waals surface area contributed by atoms with E-state index < -0.39 is 10.0 Å². The van der Waals surface area contributed by atoms with E-state index in [-0.39, 0.29) is 10.9 Å².